The van der Waals surface area contributed by atoms with Crippen molar-refractivity contribution in [3.63, 3.8) is 0 Å². The quantitative estimate of drug-likeness (QED) is 0.806. The molecule has 0 saturated carbocycles. The van der Waals surface area contributed by atoms with Crippen molar-refractivity contribution in [3.8, 4) is 0 Å². The molecule has 16 heavy (non-hydrogen) atoms. The van der Waals surface area contributed by atoms with E-state index in [1.165, 1.54) is 0 Å². The monoisotopic (exact) mass is 242 g/mol. The van der Waals surface area contributed by atoms with Gasteiger partial charge in [0.15, 0.2) is 5.15 Å². The molecular weight excluding hydrogens is 224 g/mol. The zero-order valence-electron chi connectivity index (χ0n) is 10.2. The Hall–Kier alpha value is -0.800. The van der Waals surface area contributed by atoms with Crippen LogP contribution >= 0.6 is 11.6 Å². The highest BCUT2D eigenvalue weighted by Gasteiger charge is 2.15. The van der Waals surface area contributed by atoms with Crippen LogP contribution in [0.4, 0.5) is 5.69 Å². The Morgan fingerprint density at radius 1 is 1.50 bits per heavy atom. The van der Waals surface area contributed by atoms with Gasteiger partial charge in [-0.2, -0.15) is 0 Å². The average Bonchev–Trinajstić information content (AvgIpc) is 2.21. The van der Waals surface area contributed by atoms with Crippen molar-refractivity contribution in [1.82, 2.24) is 4.98 Å². The minimum absolute atomic E-state index is 0.241. The first-order valence-electron chi connectivity index (χ1n) is 5.42. The number of aryl methyl sites for hydroxylation is 1. The lowest BCUT2D eigenvalue weighted by Gasteiger charge is -2.24. The highest BCUT2D eigenvalue weighted by molar-refractivity contribution is 6.32. The SMILES string of the molecule is COCC(Nc1c(C)ccnc1Cl)C(C)C. The zero-order valence-corrected chi connectivity index (χ0v) is 11.0. The van der Waals surface area contributed by atoms with E-state index in [0.29, 0.717) is 17.7 Å². The molecular formula is C12H19ClN2O. The van der Waals surface area contributed by atoms with Crippen molar-refractivity contribution in [2.45, 2.75) is 26.8 Å². The zero-order chi connectivity index (χ0) is 12.1. The molecule has 0 bridgehead atoms. The van der Waals surface area contributed by atoms with Crippen LogP contribution in [-0.2, 0) is 4.74 Å². The van der Waals surface area contributed by atoms with E-state index in [-0.39, 0.29) is 6.04 Å². The van der Waals surface area contributed by atoms with Crippen LogP contribution in [0, 0.1) is 12.8 Å². The number of hydrogen-bond donors (Lipinski definition) is 1. The van der Waals surface area contributed by atoms with Gasteiger partial charge in [-0.05, 0) is 24.5 Å². The number of pyridine rings is 1. The Kier molecular flexibility index (Phi) is 5.03. The van der Waals surface area contributed by atoms with E-state index >= 15 is 0 Å². The molecule has 0 saturated heterocycles. The standard InChI is InChI=1S/C12H19ClN2O/c1-8(2)10(7-16-4)15-11-9(3)5-6-14-12(11)13/h5-6,8,10,15H,7H2,1-4H3. The molecule has 0 spiro atoms. The van der Waals surface area contributed by atoms with Crippen molar-refractivity contribution in [2.24, 2.45) is 5.92 Å². The number of ether oxygens (including phenoxy) is 1. The molecule has 1 N–H and O–H groups in total. The fourth-order valence-corrected chi connectivity index (χ4v) is 1.72. The maximum Gasteiger partial charge on any atom is 0.152 e. The topological polar surface area (TPSA) is 34.1 Å². The van der Waals surface area contributed by atoms with Crippen molar-refractivity contribution in [1.29, 1.82) is 0 Å². The lowest BCUT2D eigenvalue weighted by atomic mass is 10.0. The predicted molar refractivity (Wildman–Crippen MR) is 68.1 cm³/mol. The summed E-state index contributed by atoms with van der Waals surface area (Å²) >= 11 is 6.06. The molecule has 1 rings (SSSR count). The van der Waals surface area contributed by atoms with Gasteiger partial charge in [0, 0.05) is 13.3 Å². The molecule has 1 heterocycles. The van der Waals surface area contributed by atoms with Gasteiger partial charge in [0.1, 0.15) is 0 Å². The smallest absolute Gasteiger partial charge is 0.152 e. The highest BCUT2D eigenvalue weighted by Crippen LogP contribution is 2.24. The summed E-state index contributed by atoms with van der Waals surface area (Å²) in [6.45, 7) is 6.97. The van der Waals surface area contributed by atoms with Crippen molar-refractivity contribution >= 4 is 17.3 Å². The first kappa shape index (κ1) is 13.3. The van der Waals surface area contributed by atoms with Crippen LogP contribution in [0.15, 0.2) is 12.3 Å². The van der Waals surface area contributed by atoms with Gasteiger partial charge < -0.3 is 10.1 Å². The predicted octanol–water partition coefficient (Wildman–Crippen LogP) is 3.13. The van der Waals surface area contributed by atoms with Gasteiger partial charge in [-0.1, -0.05) is 25.4 Å². The third kappa shape index (κ3) is 3.35. The Morgan fingerprint density at radius 2 is 2.19 bits per heavy atom. The molecule has 0 aromatic carbocycles. The van der Waals surface area contributed by atoms with E-state index in [9.17, 15) is 0 Å². The average molecular weight is 243 g/mol. The normalized spacial score (nSPS) is 12.9. The van der Waals surface area contributed by atoms with E-state index in [2.05, 4.69) is 24.1 Å². The fourth-order valence-electron chi connectivity index (χ4n) is 1.46. The summed E-state index contributed by atoms with van der Waals surface area (Å²) in [6, 6.07) is 2.18. The molecule has 1 unspecified atom stereocenters. The van der Waals surface area contributed by atoms with E-state index in [0.717, 1.165) is 11.3 Å². The lowest BCUT2D eigenvalue weighted by molar-refractivity contribution is 0.171. The van der Waals surface area contributed by atoms with Crippen LogP contribution in [-0.4, -0.2) is 24.7 Å². The van der Waals surface area contributed by atoms with E-state index in [4.69, 9.17) is 16.3 Å². The third-order valence-electron chi connectivity index (χ3n) is 2.59. The number of hydrogen-bond acceptors (Lipinski definition) is 3. The molecule has 3 nitrogen and oxygen atoms in total. The Bertz CT molecular complexity index is 322. The Balaban J connectivity index is 2.84. The van der Waals surface area contributed by atoms with Crippen molar-refractivity contribution in [2.75, 3.05) is 19.0 Å². The molecule has 0 aliphatic heterocycles. The Morgan fingerprint density at radius 3 is 2.69 bits per heavy atom. The van der Waals surface area contributed by atoms with Crippen LogP contribution in [0.3, 0.4) is 0 Å². The molecule has 0 aliphatic rings. The summed E-state index contributed by atoms with van der Waals surface area (Å²) in [6.07, 6.45) is 1.71. The molecule has 1 aromatic rings. The number of nitrogens with one attached hydrogen (secondary N) is 1. The van der Waals surface area contributed by atoms with Crippen LogP contribution in [0.5, 0.6) is 0 Å². The Labute approximate surface area is 102 Å². The summed E-state index contributed by atoms with van der Waals surface area (Å²) in [4.78, 5) is 4.07. The van der Waals surface area contributed by atoms with E-state index < -0.39 is 0 Å². The van der Waals surface area contributed by atoms with Gasteiger partial charge in [0.2, 0.25) is 0 Å². The molecule has 0 fully saturated rings. The third-order valence-corrected chi connectivity index (χ3v) is 2.88. The minimum Gasteiger partial charge on any atom is -0.383 e. The second-order valence-electron chi connectivity index (χ2n) is 4.24. The fraction of sp³-hybridized carbons (Fsp3) is 0.583. The number of nitrogens with zero attached hydrogens (tertiary/aromatic N) is 1. The molecule has 0 amide bonds. The van der Waals surface area contributed by atoms with Crippen LogP contribution in [0.25, 0.3) is 0 Å². The van der Waals surface area contributed by atoms with Crippen LogP contribution in [0.2, 0.25) is 5.15 Å². The van der Waals surface area contributed by atoms with E-state index in [1.54, 1.807) is 13.3 Å². The highest BCUT2D eigenvalue weighted by atomic mass is 35.5. The van der Waals surface area contributed by atoms with Crippen LogP contribution in [0.1, 0.15) is 19.4 Å². The number of methoxy groups -OCH3 is 1. The summed E-state index contributed by atoms with van der Waals surface area (Å²) < 4.78 is 5.19. The number of rotatable bonds is 5. The van der Waals surface area contributed by atoms with Gasteiger partial charge in [-0.3, -0.25) is 0 Å². The van der Waals surface area contributed by atoms with Gasteiger partial charge in [0.05, 0.1) is 18.3 Å². The largest absolute Gasteiger partial charge is 0.383 e. The summed E-state index contributed by atoms with van der Waals surface area (Å²) in [5.74, 6) is 0.468. The molecule has 90 valence electrons. The van der Waals surface area contributed by atoms with Crippen molar-refractivity contribution < 1.29 is 4.74 Å². The van der Waals surface area contributed by atoms with Crippen LogP contribution < -0.4 is 5.32 Å². The maximum absolute atomic E-state index is 6.06. The second-order valence-corrected chi connectivity index (χ2v) is 4.60. The number of aromatic nitrogens is 1. The first-order valence-corrected chi connectivity index (χ1v) is 5.80. The number of anilines is 1. The first-order chi connectivity index (χ1) is 7.56. The number of halogens is 1. The van der Waals surface area contributed by atoms with Gasteiger partial charge in [-0.25, -0.2) is 4.98 Å². The van der Waals surface area contributed by atoms with Gasteiger partial charge >= 0.3 is 0 Å². The summed E-state index contributed by atoms with van der Waals surface area (Å²) in [5, 5.41) is 3.91. The maximum atomic E-state index is 6.06. The summed E-state index contributed by atoms with van der Waals surface area (Å²) in [5.41, 5.74) is 2.00. The van der Waals surface area contributed by atoms with Gasteiger partial charge in [0.25, 0.3) is 0 Å². The van der Waals surface area contributed by atoms with Gasteiger partial charge in [-0.15, -0.1) is 0 Å². The summed E-state index contributed by atoms with van der Waals surface area (Å²) in [7, 11) is 1.70. The second kappa shape index (κ2) is 6.06. The molecule has 1 aromatic heterocycles. The minimum atomic E-state index is 0.241. The lowest BCUT2D eigenvalue weighted by Crippen LogP contribution is -2.30. The molecule has 1 atom stereocenters. The molecule has 0 radical (unpaired) electrons. The molecule has 0 aliphatic carbocycles. The van der Waals surface area contributed by atoms with Crippen molar-refractivity contribution in [3.05, 3.63) is 23.0 Å². The van der Waals surface area contributed by atoms with E-state index in [1.807, 2.05) is 13.0 Å². The molecule has 4 heteroatoms.